The number of nitrogens with one attached hydrogen (secondary N) is 2. The molecule has 1 amide bonds. The molecule has 0 aliphatic rings. The van der Waals surface area contributed by atoms with Crippen LogP contribution in [0.5, 0.6) is 0 Å². The van der Waals surface area contributed by atoms with Gasteiger partial charge in [0, 0.05) is 23.0 Å². The Kier molecular flexibility index (Phi) is 5.00. The van der Waals surface area contributed by atoms with Gasteiger partial charge in [0.1, 0.15) is 0 Å². The van der Waals surface area contributed by atoms with Gasteiger partial charge in [0.2, 0.25) is 5.91 Å². The van der Waals surface area contributed by atoms with Gasteiger partial charge in [-0.25, -0.2) is 14.3 Å². The fraction of sp³-hybridized carbons (Fsp3) is 0.222. The number of esters is 1. The molecule has 8 nitrogen and oxygen atoms in total. The molecule has 0 unspecified atom stereocenters. The minimum Gasteiger partial charge on any atom is -0.465 e. The number of hydrogen-bond donors (Lipinski definition) is 2. The number of methoxy groups -OCH3 is 1. The molecule has 2 aromatic heterocycles. The van der Waals surface area contributed by atoms with Gasteiger partial charge in [-0.2, -0.15) is 0 Å². The van der Waals surface area contributed by atoms with Crippen LogP contribution in [0.2, 0.25) is 5.02 Å². The van der Waals surface area contributed by atoms with Gasteiger partial charge >= 0.3 is 5.97 Å². The number of aromatic amines is 1. The molecular formula is C18H17ClN4O4. The van der Waals surface area contributed by atoms with Crippen LogP contribution in [0, 0.1) is 13.8 Å². The lowest BCUT2D eigenvalue weighted by molar-refractivity contribution is -0.115. The van der Waals surface area contributed by atoms with Crippen molar-refractivity contribution in [1.29, 1.82) is 0 Å². The molecule has 9 heteroatoms. The lowest BCUT2D eigenvalue weighted by atomic mass is 10.1. The van der Waals surface area contributed by atoms with Gasteiger partial charge in [0.25, 0.3) is 5.56 Å². The molecule has 0 fully saturated rings. The number of aryl methyl sites for hydroxylation is 2. The van der Waals surface area contributed by atoms with E-state index in [4.69, 9.17) is 11.6 Å². The van der Waals surface area contributed by atoms with E-state index in [0.29, 0.717) is 33.3 Å². The number of aromatic nitrogens is 3. The summed E-state index contributed by atoms with van der Waals surface area (Å²) in [7, 11) is 1.27. The van der Waals surface area contributed by atoms with Gasteiger partial charge in [0.15, 0.2) is 5.65 Å². The minimum absolute atomic E-state index is 0.0274. The zero-order valence-electron chi connectivity index (χ0n) is 14.9. The summed E-state index contributed by atoms with van der Waals surface area (Å²) in [5.41, 5.74) is 2.86. The Balaban J connectivity index is 1.87. The van der Waals surface area contributed by atoms with Crippen LogP contribution < -0.4 is 10.9 Å². The monoisotopic (exact) mass is 388 g/mol. The molecule has 0 aliphatic carbocycles. The van der Waals surface area contributed by atoms with E-state index < -0.39 is 5.97 Å². The first-order valence-electron chi connectivity index (χ1n) is 8.05. The summed E-state index contributed by atoms with van der Waals surface area (Å²) >= 11 is 6.11. The van der Waals surface area contributed by atoms with Crippen molar-refractivity contribution in [2.45, 2.75) is 20.3 Å². The summed E-state index contributed by atoms with van der Waals surface area (Å²) in [6.07, 6.45) is 0.0274. The van der Waals surface area contributed by atoms with Crippen LogP contribution in [0.4, 0.5) is 5.69 Å². The highest BCUT2D eigenvalue weighted by molar-refractivity contribution is 6.33. The first-order chi connectivity index (χ1) is 12.8. The average Bonchev–Trinajstić information content (AvgIpc) is 3.00. The van der Waals surface area contributed by atoms with Crippen LogP contribution in [-0.2, 0) is 16.0 Å². The van der Waals surface area contributed by atoms with Crippen LogP contribution in [-0.4, -0.2) is 33.6 Å². The number of rotatable bonds is 4. The molecular weight excluding hydrogens is 372 g/mol. The zero-order chi connectivity index (χ0) is 19.7. The Morgan fingerprint density at radius 3 is 2.74 bits per heavy atom. The lowest BCUT2D eigenvalue weighted by Crippen LogP contribution is -2.18. The van der Waals surface area contributed by atoms with Gasteiger partial charge in [-0.3, -0.25) is 14.7 Å². The Bertz CT molecular complexity index is 1120. The van der Waals surface area contributed by atoms with Gasteiger partial charge in [-0.15, -0.1) is 0 Å². The number of fused-ring (bicyclic) bond motifs is 1. The summed E-state index contributed by atoms with van der Waals surface area (Å²) in [4.78, 5) is 40.1. The molecule has 0 radical (unpaired) electrons. The van der Waals surface area contributed by atoms with Crippen LogP contribution in [0.25, 0.3) is 5.65 Å². The Morgan fingerprint density at radius 1 is 1.30 bits per heavy atom. The standard InChI is InChI=1S/C18H17ClN4O4/c1-9-12(10(2)23-15(20-9)8-17(25)22-23)7-16(24)21-14-6-11(18(26)27-3)4-5-13(14)19/h4-6,8H,7H2,1-3H3,(H,21,24)(H,22,25). The van der Waals surface area contributed by atoms with Crippen molar-refractivity contribution in [3.05, 3.63) is 62.2 Å². The fourth-order valence-electron chi connectivity index (χ4n) is 2.83. The number of H-pyrrole nitrogens is 1. The van der Waals surface area contributed by atoms with Crippen molar-refractivity contribution < 1.29 is 14.3 Å². The van der Waals surface area contributed by atoms with E-state index in [2.05, 4.69) is 20.1 Å². The predicted octanol–water partition coefficient (Wildman–Crippen LogP) is 2.26. The van der Waals surface area contributed by atoms with Gasteiger partial charge in [-0.05, 0) is 32.0 Å². The van der Waals surface area contributed by atoms with E-state index in [1.54, 1.807) is 18.4 Å². The van der Waals surface area contributed by atoms with E-state index in [1.807, 2.05) is 0 Å². The van der Waals surface area contributed by atoms with Gasteiger partial charge in [0.05, 0.1) is 29.8 Å². The minimum atomic E-state index is -0.528. The highest BCUT2D eigenvalue weighted by Crippen LogP contribution is 2.24. The zero-order valence-corrected chi connectivity index (χ0v) is 15.7. The Morgan fingerprint density at radius 2 is 2.04 bits per heavy atom. The number of anilines is 1. The van der Waals surface area contributed by atoms with Crippen molar-refractivity contribution in [3.8, 4) is 0 Å². The maximum Gasteiger partial charge on any atom is 0.337 e. The first-order valence-corrected chi connectivity index (χ1v) is 8.43. The summed E-state index contributed by atoms with van der Waals surface area (Å²) in [6, 6.07) is 5.87. The molecule has 0 spiro atoms. The number of ether oxygens (including phenoxy) is 1. The van der Waals surface area contributed by atoms with Crippen LogP contribution in [0.15, 0.2) is 29.1 Å². The van der Waals surface area contributed by atoms with Crippen LogP contribution in [0.3, 0.4) is 0 Å². The van der Waals surface area contributed by atoms with E-state index in [9.17, 15) is 14.4 Å². The highest BCUT2D eigenvalue weighted by atomic mass is 35.5. The number of carbonyl (C=O) groups is 2. The third-order valence-corrected chi connectivity index (χ3v) is 4.53. The molecule has 0 aliphatic heterocycles. The van der Waals surface area contributed by atoms with E-state index in [0.717, 1.165) is 0 Å². The summed E-state index contributed by atoms with van der Waals surface area (Å²) < 4.78 is 6.22. The Hall–Kier alpha value is -3.13. The van der Waals surface area contributed by atoms with E-state index >= 15 is 0 Å². The normalized spacial score (nSPS) is 10.8. The summed E-state index contributed by atoms with van der Waals surface area (Å²) in [5.74, 6) is -0.860. The molecule has 2 heterocycles. The molecule has 140 valence electrons. The van der Waals surface area contributed by atoms with Crippen molar-refractivity contribution >= 4 is 34.8 Å². The van der Waals surface area contributed by atoms with E-state index in [1.165, 1.54) is 31.4 Å². The number of amides is 1. The van der Waals surface area contributed by atoms with Crippen LogP contribution in [0.1, 0.15) is 27.3 Å². The molecule has 3 rings (SSSR count). The molecule has 0 saturated heterocycles. The lowest BCUT2D eigenvalue weighted by Gasteiger charge is -2.13. The fourth-order valence-corrected chi connectivity index (χ4v) is 3.00. The largest absolute Gasteiger partial charge is 0.465 e. The highest BCUT2D eigenvalue weighted by Gasteiger charge is 2.16. The number of halogens is 1. The Labute approximate surface area is 159 Å². The third-order valence-electron chi connectivity index (χ3n) is 4.20. The quantitative estimate of drug-likeness (QED) is 0.667. The van der Waals surface area contributed by atoms with Crippen molar-refractivity contribution in [2.24, 2.45) is 0 Å². The second kappa shape index (κ2) is 7.24. The second-order valence-electron chi connectivity index (χ2n) is 5.99. The molecule has 2 N–H and O–H groups in total. The van der Waals surface area contributed by atoms with Crippen molar-refractivity contribution in [1.82, 2.24) is 14.6 Å². The van der Waals surface area contributed by atoms with E-state index in [-0.39, 0.29) is 23.5 Å². The predicted molar refractivity (Wildman–Crippen MR) is 100 cm³/mol. The maximum atomic E-state index is 12.5. The second-order valence-corrected chi connectivity index (χ2v) is 6.39. The molecule has 0 atom stereocenters. The molecule has 27 heavy (non-hydrogen) atoms. The summed E-state index contributed by atoms with van der Waals surface area (Å²) in [6.45, 7) is 3.57. The summed E-state index contributed by atoms with van der Waals surface area (Å²) in [5, 5.41) is 5.64. The number of nitrogens with zero attached hydrogens (tertiary/aromatic N) is 2. The number of hydrogen-bond acceptors (Lipinski definition) is 5. The maximum absolute atomic E-state index is 12.5. The molecule has 1 aromatic carbocycles. The molecule has 0 saturated carbocycles. The van der Waals surface area contributed by atoms with Crippen molar-refractivity contribution in [2.75, 3.05) is 12.4 Å². The SMILES string of the molecule is COC(=O)c1ccc(Cl)c(NC(=O)Cc2c(C)nc3cc(=O)[nH]n3c2C)c1. The smallest absolute Gasteiger partial charge is 0.337 e. The van der Waals surface area contributed by atoms with Crippen molar-refractivity contribution in [3.63, 3.8) is 0 Å². The first kappa shape index (κ1) is 18.7. The average molecular weight is 389 g/mol. The van der Waals surface area contributed by atoms with Gasteiger partial charge < -0.3 is 10.1 Å². The van der Waals surface area contributed by atoms with Gasteiger partial charge in [-0.1, -0.05) is 11.6 Å². The number of carbonyl (C=O) groups excluding carboxylic acids is 2. The topological polar surface area (TPSA) is 106 Å². The number of benzene rings is 1. The third kappa shape index (κ3) is 3.70. The molecule has 0 bridgehead atoms. The van der Waals surface area contributed by atoms with Crippen LogP contribution >= 0.6 is 11.6 Å². The molecule has 3 aromatic rings.